The molecule has 3 aliphatic rings. The van der Waals surface area contributed by atoms with Crippen LogP contribution in [0, 0.1) is 19.3 Å². The highest BCUT2D eigenvalue weighted by molar-refractivity contribution is 7.17. The normalized spacial score (nSPS) is 22.1. The van der Waals surface area contributed by atoms with Gasteiger partial charge in [-0.1, -0.05) is 99.1 Å². The summed E-state index contributed by atoms with van der Waals surface area (Å²) in [5.74, 6) is -3.68. The number of nitrogens with one attached hydrogen (secondary N) is 6. The van der Waals surface area contributed by atoms with Crippen LogP contribution in [0.5, 0.6) is 0 Å². The molecule has 0 radical (unpaired) electrons. The molecule has 0 aliphatic carbocycles. The molecule has 0 spiro atoms. The minimum absolute atomic E-state index is 0.0111. The maximum atomic E-state index is 14.8. The van der Waals surface area contributed by atoms with Crippen molar-refractivity contribution in [2.24, 2.45) is 26.3 Å². The van der Waals surface area contributed by atoms with Crippen LogP contribution in [0.2, 0.25) is 5.02 Å². The minimum Gasteiger partial charge on any atom is -0.370 e. The first kappa shape index (κ1) is 61.3. The average Bonchev–Trinajstić information content (AvgIpc) is 4.21. The van der Waals surface area contributed by atoms with Crippen molar-refractivity contribution in [1.82, 2.24) is 36.8 Å². The Morgan fingerprint density at radius 3 is 2.22 bits per heavy atom. The number of nitrogens with zero attached hydrogens (tertiary/aromatic N) is 5. The van der Waals surface area contributed by atoms with Gasteiger partial charge in [0, 0.05) is 60.3 Å². The van der Waals surface area contributed by atoms with Gasteiger partial charge in [0.25, 0.3) is 0 Å². The van der Waals surface area contributed by atoms with Crippen molar-refractivity contribution in [2.45, 2.75) is 123 Å². The molecule has 81 heavy (non-hydrogen) atoms. The zero-order chi connectivity index (χ0) is 58.4. The van der Waals surface area contributed by atoms with Crippen LogP contribution in [0.4, 0.5) is 5.00 Å². The van der Waals surface area contributed by atoms with Gasteiger partial charge in [-0.15, -0.1) is 16.4 Å². The highest BCUT2D eigenvalue weighted by atomic mass is 35.5. The van der Waals surface area contributed by atoms with Crippen LogP contribution in [0.25, 0.3) is 11.1 Å². The van der Waals surface area contributed by atoms with E-state index in [9.17, 15) is 33.6 Å². The Hall–Kier alpha value is -7.33. The Morgan fingerprint density at radius 1 is 0.864 bits per heavy atom. The molecular formula is C59H75ClN12O8S. The highest BCUT2D eigenvalue weighted by Gasteiger charge is 2.43. The summed E-state index contributed by atoms with van der Waals surface area (Å²) in [6.45, 7) is 14.5. The zero-order valence-corrected chi connectivity index (χ0v) is 48.5. The number of thiophene rings is 1. The van der Waals surface area contributed by atoms with Gasteiger partial charge in [-0.25, -0.2) is 0 Å². The van der Waals surface area contributed by atoms with Gasteiger partial charge in [-0.2, -0.15) is 5.10 Å². The summed E-state index contributed by atoms with van der Waals surface area (Å²) in [6.07, 6.45) is 1.71. The number of anilines is 1. The monoisotopic (exact) mass is 1150 g/mol. The number of unbranched alkanes of at least 4 members (excludes halogenated alkanes) is 1. The molecular weight excluding hydrogens is 1070 g/mol. The summed E-state index contributed by atoms with van der Waals surface area (Å²) in [6, 6.07) is 18.1. The molecule has 2 fully saturated rings. The van der Waals surface area contributed by atoms with Crippen LogP contribution in [-0.4, -0.2) is 147 Å². The van der Waals surface area contributed by atoms with Gasteiger partial charge in [0.2, 0.25) is 41.4 Å². The quantitative estimate of drug-likeness (QED) is 0.0418. The van der Waals surface area contributed by atoms with Gasteiger partial charge in [-0.05, 0) is 99.2 Å². The van der Waals surface area contributed by atoms with Gasteiger partial charge in [0.05, 0.1) is 24.8 Å². The third-order valence-electron chi connectivity index (χ3n) is 14.6. The SMILES string of the molecule is C=N/N=C(/C)N1C[C@H](CC(=O)NC[C@H]2NC(=O)[C@@H](CCCCN)NC(=O)[C@@H](Cc3ccc(-c4ccccc4)cc3)NC(=O)[C@@H]3CCCN3C(=O)C(C(C)(C)C)NC(=O)COCCNC2=O)N=C(c2ccc(Cl)cc2)c2c1sc(C)c2C. The van der Waals surface area contributed by atoms with Gasteiger partial charge in [0.1, 0.15) is 47.7 Å². The highest BCUT2D eigenvalue weighted by Crippen LogP contribution is 2.40. The fourth-order valence-corrected chi connectivity index (χ4v) is 11.4. The topological polar surface area (TPSA) is 270 Å². The maximum absolute atomic E-state index is 14.8. The van der Waals surface area contributed by atoms with E-state index in [4.69, 9.17) is 27.1 Å². The number of nitrogens with two attached hydrogens (primary N) is 1. The van der Waals surface area contributed by atoms with Crippen molar-refractivity contribution >= 4 is 87.6 Å². The molecule has 20 nitrogen and oxygen atoms in total. The summed E-state index contributed by atoms with van der Waals surface area (Å²) in [5.41, 5.74) is 11.1. The smallest absolute Gasteiger partial charge is 0.246 e. The number of aryl methyl sites for hydroxylation is 1. The van der Waals surface area contributed by atoms with E-state index in [1.807, 2.05) is 85.5 Å². The van der Waals surface area contributed by atoms with Crippen LogP contribution in [0.1, 0.15) is 93.4 Å². The lowest BCUT2D eigenvalue weighted by Crippen LogP contribution is -2.61. The van der Waals surface area contributed by atoms with Crippen LogP contribution in [0.15, 0.2) is 94.1 Å². The second-order valence-corrected chi connectivity index (χ2v) is 23.3. The van der Waals surface area contributed by atoms with E-state index in [0.29, 0.717) is 54.4 Å². The molecule has 1 aromatic heterocycles. The molecule has 4 aromatic rings. The predicted octanol–water partition coefficient (Wildman–Crippen LogP) is 4.75. The molecule has 432 valence electrons. The second-order valence-electron chi connectivity index (χ2n) is 21.6. The summed E-state index contributed by atoms with van der Waals surface area (Å²) in [5, 5.41) is 26.5. The number of amidine groups is 1. The number of benzene rings is 3. The molecule has 0 bridgehead atoms. The summed E-state index contributed by atoms with van der Waals surface area (Å²) in [4.78, 5) is 110. The van der Waals surface area contributed by atoms with Gasteiger partial charge in [0.15, 0.2) is 0 Å². The van der Waals surface area contributed by atoms with E-state index >= 15 is 0 Å². The zero-order valence-electron chi connectivity index (χ0n) is 46.9. The molecule has 3 aromatic carbocycles. The first-order chi connectivity index (χ1) is 38.8. The third-order valence-corrected chi connectivity index (χ3v) is 16.1. The van der Waals surface area contributed by atoms with E-state index in [2.05, 4.69) is 48.8 Å². The number of hydrogen-bond acceptors (Lipinski definition) is 13. The number of aliphatic imine (C=N–C) groups is 1. The molecule has 7 amide bonds. The summed E-state index contributed by atoms with van der Waals surface area (Å²) < 4.78 is 5.66. The lowest BCUT2D eigenvalue weighted by Gasteiger charge is -2.35. The van der Waals surface area contributed by atoms with Gasteiger partial charge in [-0.3, -0.25) is 38.6 Å². The summed E-state index contributed by atoms with van der Waals surface area (Å²) in [7, 11) is 0. The Bertz CT molecular complexity index is 2980. The molecule has 7 rings (SSSR count). The van der Waals surface area contributed by atoms with E-state index < -0.39 is 89.6 Å². The van der Waals surface area contributed by atoms with Crippen molar-refractivity contribution in [3.05, 3.63) is 111 Å². The molecule has 2 saturated heterocycles. The third kappa shape index (κ3) is 16.2. The van der Waals surface area contributed by atoms with Gasteiger partial charge >= 0.3 is 0 Å². The van der Waals surface area contributed by atoms with Crippen molar-refractivity contribution in [3.63, 3.8) is 0 Å². The molecule has 1 unspecified atom stereocenters. The fraction of sp³-hybridized carbons (Fsp3) is 0.458. The Labute approximate surface area is 482 Å². The largest absolute Gasteiger partial charge is 0.370 e. The number of fused-ring (bicyclic) bond motifs is 2. The van der Waals surface area contributed by atoms with Crippen molar-refractivity contribution < 1.29 is 38.3 Å². The maximum Gasteiger partial charge on any atom is 0.246 e. The second kappa shape index (κ2) is 28.4. The molecule has 6 atom stereocenters. The first-order valence-corrected chi connectivity index (χ1v) is 28.6. The summed E-state index contributed by atoms with van der Waals surface area (Å²) >= 11 is 7.90. The van der Waals surface area contributed by atoms with Crippen LogP contribution >= 0.6 is 22.9 Å². The van der Waals surface area contributed by atoms with E-state index in [1.54, 1.807) is 51.2 Å². The molecule has 22 heteroatoms. The van der Waals surface area contributed by atoms with E-state index in [0.717, 1.165) is 37.7 Å². The minimum atomic E-state index is -1.39. The first-order valence-electron chi connectivity index (χ1n) is 27.5. The Morgan fingerprint density at radius 2 is 1.53 bits per heavy atom. The van der Waals surface area contributed by atoms with Crippen molar-refractivity contribution in [3.8, 4) is 11.1 Å². The number of ether oxygens (including phenoxy) is 1. The standard InChI is InChI=1S/C59H75ClN12O8S/c1-35-36(2)81-58-50(35)51(41-22-24-42(60)25-23-41)65-43(33-72(58)37(3)70-62-7)31-48(73)64-32-46-53(75)63-27-29-80-34-49(74)69-52(59(4,5)6)57(79)71-28-13-17-47(71)56(78)67-45(55(77)66-44(54(76)68-46)16-11-12-26-61)30-38-18-20-40(21-19-38)39-14-9-8-10-15-39/h8-10,14-15,18-25,43-47,52H,7,11-13,16-17,26-34,61H2,1-6H3,(H,63,75)(H,64,73)(H,66,77)(H,67,78)(H,68,76)(H,69,74)/b70-37-/t43-,44+,45+,46+,47-,52?/m0/s1. The average molecular weight is 1150 g/mol. The molecule has 8 N–H and O–H groups in total. The van der Waals surface area contributed by atoms with E-state index in [1.165, 1.54) is 4.90 Å². The number of amides is 7. The molecule has 3 aliphatic heterocycles. The molecule has 0 saturated carbocycles. The van der Waals surface area contributed by atoms with E-state index in [-0.39, 0.29) is 52.0 Å². The van der Waals surface area contributed by atoms with Crippen molar-refractivity contribution in [2.75, 3.05) is 50.8 Å². The molecule has 4 heterocycles. The fourth-order valence-electron chi connectivity index (χ4n) is 10.1. The number of carbonyl (C=O) groups excluding carboxylic acids is 7. The Balaban J connectivity index is 1.18. The van der Waals surface area contributed by atoms with Crippen LogP contribution in [-0.2, 0) is 44.7 Å². The number of rotatable bonds is 13. The van der Waals surface area contributed by atoms with Crippen LogP contribution in [0.3, 0.4) is 0 Å². The number of carbonyl (C=O) groups is 7. The number of hydrogen-bond donors (Lipinski definition) is 7. The van der Waals surface area contributed by atoms with Gasteiger partial charge < -0.3 is 52.2 Å². The lowest BCUT2D eigenvalue weighted by atomic mass is 9.85. The van der Waals surface area contributed by atoms with Crippen molar-refractivity contribution in [1.29, 1.82) is 0 Å². The number of halogens is 1. The van der Waals surface area contributed by atoms with Crippen LogP contribution < -0.4 is 42.5 Å². The Kier molecular flexibility index (Phi) is 21.5. The lowest BCUT2D eigenvalue weighted by molar-refractivity contribution is -0.145. The predicted molar refractivity (Wildman–Crippen MR) is 317 cm³/mol.